The van der Waals surface area contributed by atoms with Crippen molar-refractivity contribution in [3.8, 4) is 0 Å². The summed E-state index contributed by atoms with van der Waals surface area (Å²) in [4.78, 5) is 25.8. The zero-order valence-corrected chi connectivity index (χ0v) is 14.4. The van der Waals surface area contributed by atoms with Gasteiger partial charge < -0.3 is 0 Å². The van der Waals surface area contributed by atoms with Gasteiger partial charge in [0.1, 0.15) is 10.3 Å². The summed E-state index contributed by atoms with van der Waals surface area (Å²) in [6, 6.07) is 4.68. The highest BCUT2D eigenvalue weighted by molar-refractivity contribution is 8.02. The van der Waals surface area contributed by atoms with Crippen molar-refractivity contribution in [2.24, 2.45) is 0 Å². The molecule has 0 bridgehead atoms. The fourth-order valence-electron chi connectivity index (χ4n) is 2.04. The van der Waals surface area contributed by atoms with Crippen LogP contribution in [0.1, 0.15) is 11.4 Å². The molecule has 0 unspecified atom stereocenters. The number of anilines is 1. The molecule has 1 fully saturated rings. The Hall–Kier alpha value is -1.15. The van der Waals surface area contributed by atoms with Crippen molar-refractivity contribution in [2.45, 2.75) is 22.9 Å². The molecule has 2 amide bonds. The number of thioether (sulfide) groups is 1. The van der Waals surface area contributed by atoms with Gasteiger partial charge in [-0.05, 0) is 25.1 Å². The normalized spacial score (nSPS) is 18.3. The van der Waals surface area contributed by atoms with E-state index in [9.17, 15) is 9.59 Å². The monoisotopic (exact) mass is 373 g/mol. The summed E-state index contributed by atoms with van der Waals surface area (Å²) in [5, 5.41) is 8.89. The van der Waals surface area contributed by atoms with Crippen LogP contribution in [0.25, 0.3) is 0 Å². The van der Waals surface area contributed by atoms with E-state index in [1.807, 2.05) is 6.92 Å². The van der Waals surface area contributed by atoms with Crippen molar-refractivity contribution >= 4 is 63.8 Å². The number of imide groups is 1. The van der Waals surface area contributed by atoms with Gasteiger partial charge in [-0.3, -0.25) is 9.59 Å². The van der Waals surface area contributed by atoms with E-state index in [1.165, 1.54) is 29.2 Å². The van der Waals surface area contributed by atoms with E-state index in [2.05, 4.69) is 10.2 Å². The molecular weight excluding hydrogens is 365 g/mol. The number of benzene rings is 1. The van der Waals surface area contributed by atoms with E-state index in [0.29, 0.717) is 20.1 Å². The predicted octanol–water partition coefficient (Wildman–Crippen LogP) is 3.58. The Morgan fingerprint density at radius 2 is 2.05 bits per heavy atom. The quantitative estimate of drug-likeness (QED) is 0.769. The number of hydrogen-bond acceptors (Lipinski definition) is 6. The van der Waals surface area contributed by atoms with E-state index in [4.69, 9.17) is 23.2 Å². The molecule has 5 nitrogen and oxygen atoms in total. The van der Waals surface area contributed by atoms with Gasteiger partial charge in [-0.2, -0.15) is 0 Å². The molecular formula is C13H9Cl2N3O2S2. The number of aryl methyl sites for hydroxylation is 1. The van der Waals surface area contributed by atoms with E-state index in [-0.39, 0.29) is 18.2 Å². The molecule has 0 saturated carbocycles. The molecule has 1 aromatic carbocycles. The van der Waals surface area contributed by atoms with Crippen LogP contribution in [-0.4, -0.2) is 27.3 Å². The molecule has 1 aromatic heterocycles. The van der Waals surface area contributed by atoms with Gasteiger partial charge in [-0.1, -0.05) is 46.3 Å². The van der Waals surface area contributed by atoms with Crippen molar-refractivity contribution in [2.75, 3.05) is 4.90 Å². The Kier molecular flexibility index (Phi) is 4.40. The third-order valence-electron chi connectivity index (χ3n) is 3.02. The lowest BCUT2D eigenvalue weighted by molar-refractivity contribution is -0.121. The third-order valence-corrected chi connectivity index (χ3v) is 5.86. The number of carbonyl (C=O) groups excluding carboxylic acids is 2. The summed E-state index contributed by atoms with van der Waals surface area (Å²) in [7, 11) is 0. The van der Waals surface area contributed by atoms with E-state index in [1.54, 1.807) is 12.1 Å². The van der Waals surface area contributed by atoms with Crippen molar-refractivity contribution in [3.05, 3.63) is 33.3 Å². The molecule has 1 saturated heterocycles. The predicted molar refractivity (Wildman–Crippen MR) is 87.9 cm³/mol. The van der Waals surface area contributed by atoms with Crippen LogP contribution >= 0.6 is 46.3 Å². The Balaban J connectivity index is 1.83. The summed E-state index contributed by atoms with van der Waals surface area (Å²) >= 11 is 14.5. The average molecular weight is 374 g/mol. The first-order valence-electron chi connectivity index (χ1n) is 6.24. The van der Waals surface area contributed by atoms with Gasteiger partial charge in [0.15, 0.2) is 4.34 Å². The van der Waals surface area contributed by atoms with Crippen LogP contribution in [0.2, 0.25) is 10.0 Å². The number of amides is 2. The second-order valence-corrected chi connectivity index (χ2v) is 8.01. The fourth-order valence-corrected chi connectivity index (χ4v) is 4.41. The molecule has 1 aliphatic rings. The van der Waals surface area contributed by atoms with E-state index in [0.717, 1.165) is 9.91 Å². The lowest BCUT2D eigenvalue weighted by atomic mass is 10.3. The summed E-state index contributed by atoms with van der Waals surface area (Å²) in [5.41, 5.74) is 0.431. The summed E-state index contributed by atoms with van der Waals surface area (Å²) < 4.78 is 0.680. The number of carbonyl (C=O) groups is 2. The van der Waals surface area contributed by atoms with Crippen molar-refractivity contribution in [1.29, 1.82) is 0 Å². The number of halogens is 2. The summed E-state index contributed by atoms with van der Waals surface area (Å²) in [6.07, 6.45) is 0.127. The molecule has 0 N–H and O–H groups in total. The number of hydrogen-bond donors (Lipinski definition) is 0. The second kappa shape index (κ2) is 6.16. The Morgan fingerprint density at radius 3 is 2.68 bits per heavy atom. The second-order valence-electron chi connectivity index (χ2n) is 4.56. The van der Waals surface area contributed by atoms with Gasteiger partial charge in [0.05, 0.1) is 15.7 Å². The van der Waals surface area contributed by atoms with Gasteiger partial charge in [0, 0.05) is 6.42 Å². The van der Waals surface area contributed by atoms with Gasteiger partial charge >= 0.3 is 0 Å². The molecule has 0 aliphatic carbocycles. The minimum absolute atomic E-state index is 0.127. The lowest BCUT2D eigenvalue weighted by Gasteiger charge is -2.15. The standard InChI is InChI=1S/C13H9Cl2N3O2S2/c1-6-16-17-13(21-6)22-10-5-11(19)18(12(10)20)7-2-3-8(14)9(15)4-7/h2-4,10H,5H2,1H3/t10-/m0/s1. The van der Waals surface area contributed by atoms with Crippen LogP contribution in [0.15, 0.2) is 22.5 Å². The van der Waals surface area contributed by atoms with Gasteiger partial charge in [0.25, 0.3) is 0 Å². The first-order valence-corrected chi connectivity index (χ1v) is 8.69. The first kappa shape index (κ1) is 15.7. The fraction of sp³-hybridized carbons (Fsp3) is 0.231. The molecule has 1 aliphatic heterocycles. The van der Waals surface area contributed by atoms with E-state index < -0.39 is 5.25 Å². The summed E-state index contributed by atoms with van der Waals surface area (Å²) in [5.74, 6) is -0.539. The van der Waals surface area contributed by atoms with Crippen molar-refractivity contribution < 1.29 is 9.59 Å². The zero-order valence-electron chi connectivity index (χ0n) is 11.2. The van der Waals surface area contributed by atoms with Crippen molar-refractivity contribution in [1.82, 2.24) is 10.2 Å². The van der Waals surface area contributed by atoms with Crippen LogP contribution in [0.3, 0.4) is 0 Å². The van der Waals surface area contributed by atoms with Crippen LogP contribution in [0, 0.1) is 6.92 Å². The minimum Gasteiger partial charge on any atom is -0.274 e. The third kappa shape index (κ3) is 2.99. The molecule has 22 heavy (non-hydrogen) atoms. The molecule has 114 valence electrons. The van der Waals surface area contributed by atoms with Gasteiger partial charge in [-0.15, -0.1) is 10.2 Å². The molecule has 1 atom stereocenters. The van der Waals surface area contributed by atoms with Crippen LogP contribution in [-0.2, 0) is 9.59 Å². The van der Waals surface area contributed by atoms with E-state index >= 15 is 0 Å². The molecule has 2 aromatic rings. The Bertz CT molecular complexity index is 765. The number of rotatable bonds is 3. The van der Waals surface area contributed by atoms with Crippen LogP contribution in [0.5, 0.6) is 0 Å². The van der Waals surface area contributed by atoms with Gasteiger partial charge in [-0.25, -0.2) is 4.90 Å². The van der Waals surface area contributed by atoms with Crippen LogP contribution in [0.4, 0.5) is 5.69 Å². The first-order chi connectivity index (χ1) is 10.5. The maximum atomic E-state index is 12.5. The maximum absolute atomic E-state index is 12.5. The highest BCUT2D eigenvalue weighted by Gasteiger charge is 2.40. The van der Waals surface area contributed by atoms with Gasteiger partial charge in [0.2, 0.25) is 11.8 Å². The molecule has 9 heteroatoms. The molecule has 2 heterocycles. The zero-order chi connectivity index (χ0) is 15.9. The molecule has 0 spiro atoms. The lowest BCUT2D eigenvalue weighted by Crippen LogP contribution is -2.31. The maximum Gasteiger partial charge on any atom is 0.247 e. The highest BCUT2D eigenvalue weighted by atomic mass is 35.5. The smallest absolute Gasteiger partial charge is 0.247 e. The number of aromatic nitrogens is 2. The minimum atomic E-state index is -0.491. The summed E-state index contributed by atoms with van der Waals surface area (Å²) in [6.45, 7) is 1.84. The Labute approximate surface area is 144 Å². The Morgan fingerprint density at radius 1 is 1.27 bits per heavy atom. The largest absolute Gasteiger partial charge is 0.274 e. The SMILES string of the molecule is Cc1nnc(S[C@H]2CC(=O)N(c3ccc(Cl)c(Cl)c3)C2=O)s1. The average Bonchev–Trinajstić information content (AvgIpc) is 2.98. The highest BCUT2D eigenvalue weighted by Crippen LogP contribution is 2.36. The molecule has 0 radical (unpaired) electrons. The molecule has 3 rings (SSSR count). The number of nitrogens with zero attached hydrogens (tertiary/aromatic N) is 3. The topological polar surface area (TPSA) is 63.2 Å². The van der Waals surface area contributed by atoms with Crippen molar-refractivity contribution in [3.63, 3.8) is 0 Å². The van der Waals surface area contributed by atoms with Crippen LogP contribution < -0.4 is 4.90 Å².